The van der Waals surface area contributed by atoms with Crippen LogP contribution in [0.25, 0.3) is 0 Å². The van der Waals surface area contributed by atoms with Crippen LogP contribution in [0.5, 0.6) is 11.5 Å². The minimum atomic E-state index is 0.132. The summed E-state index contributed by atoms with van der Waals surface area (Å²) < 4.78 is 0. The molecule has 0 heterocycles. The van der Waals surface area contributed by atoms with Crippen LogP contribution in [0.15, 0.2) is 18.2 Å². The number of nitrogens with zero attached hydrogens (tertiary/aromatic N) is 1. The molecule has 1 aromatic carbocycles. The number of benzene rings is 1. The molecule has 0 radical (unpaired) electrons. The Balaban J connectivity index is 2.07. The molecule has 0 aromatic heterocycles. The van der Waals surface area contributed by atoms with Crippen LogP contribution in [0.2, 0.25) is 0 Å². The van der Waals surface area contributed by atoms with E-state index in [0.29, 0.717) is 6.04 Å². The Kier molecular flexibility index (Phi) is 4.35. The van der Waals surface area contributed by atoms with Crippen molar-refractivity contribution < 1.29 is 10.2 Å². The van der Waals surface area contributed by atoms with Gasteiger partial charge in [0.1, 0.15) is 11.5 Å². The van der Waals surface area contributed by atoms with E-state index in [1.165, 1.54) is 31.7 Å². The molecule has 0 saturated heterocycles. The van der Waals surface area contributed by atoms with Crippen molar-refractivity contribution in [3.05, 3.63) is 23.8 Å². The molecule has 1 aliphatic rings. The average molecular weight is 263 g/mol. The van der Waals surface area contributed by atoms with Crippen LogP contribution in [-0.4, -0.2) is 28.2 Å². The monoisotopic (exact) mass is 263 g/mol. The molecule has 3 heteroatoms. The van der Waals surface area contributed by atoms with Crippen LogP contribution in [0.1, 0.15) is 51.1 Å². The van der Waals surface area contributed by atoms with E-state index in [9.17, 15) is 10.2 Å². The van der Waals surface area contributed by atoms with Crippen molar-refractivity contribution in [1.29, 1.82) is 0 Å². The van der Waals surface area contributed by atoms with E-state index < -0.39 is 0 Å². The predicted molar refractivity (Wildman–Crippen MR) is 77.4 cm³/mol. The lowest BCUT2D eigenvalue weighted by molar-refractivity contribution is 0.131. The predicted octanol–water partition coefficient (Wildman–Crippen LogP) is 3.67. The molecule has 2 N–H and O–H groups in total. The van der Waals surface area contributed by atoms with Gasteiger partial charge in [-0.15, -0.1) is 0 Å². The lowest BCUT2D eigenvalue weighted by atomic mass is 9.86. The third kappa shape index (κ3) is 3.41. The second-order valence-electron chi connectivity index (χ2n) is 6.04. The van der Waals surface area contributed by atoms with Crippen LogP contribution in [0, 0.1) is 5.92 Å². The average Bonchev–Trinajstić information content (AvgIpc) is 2.37. The van der Waals surface area contributed by atoms with E-state index in [1.807, 2.05) is 0 Å². The van der Waals surface area contributed by atoms with E-state index in [2.05, 4.69) is 25.8 Å². The van der Waals surface area contributed by atoms with E-state index in [4.69, 9.17) is 0 Å². The molecular formula is C16H25NO2. The lowest BCUT2D eigenvalue weighted by Gasteiger charge is -2.37. The van der Waals surface area contributed by atoms with Crippen LogP contribution in [0.3, 0.4) is 0 Å². The smallest absolute Gasteiger partial charge is 0.119 e. The molecule has 1 aliphatic carbocycles. The Morgan fingerprint density at radius 1 is 1.05 bits per heavy atom. The van der Waals surface area contributed by atoms with Crippen molar-refractivity contribution in [3.63, 3.8) is 0 Å². The summed E-state index contributed by atoms with van der Waals surface area (Å²) in [5.41, 5.74) is 0.971. The molecule has 1 saturated carbocycles. The third-order valence-corrected chi connectivity index (χ3v) is 4.58. The Bertz CT molecular complexity index is 405. The number of hydrogen-bond acceptors (Lipinski definition) is 3. The first-order valence-electron chi connectivity index (χ1n) is 7.22. The van der Waals surface area contributed by atoms with Crippen LogP contribution in [-0.2, 0) is 0 Å². The highest BCUT2D eigenvalue weighted by Gasteiger charge is 2.25. The van der Waals surface area contributed by atoms with Gasteiger partial charge in [-0.05, 0) is 63.3 Å². The van der Waals surface area contributed by atoms with Crippen LogP contribution < -0.4 is 0 Å². The van der Waals surface area contributed by atoms with Gasteiger partial charge in [-0.2, -0.15) is 0 Å². The molecule has 1 unspecified atom stereocenters. The van der Waals surface area contributed by atoms with Crippen LogP contribution in [0.4, 0.5) is 0 Å². The number of aromatic hydroxyl groups is 2. The quantitative estimate of drug-likeness (QED) is 0.874. The maximum atomic E-state index is 9.59. The summed E-state index contributed by atoms with van der Waals surface area (Å²) >= 11 is 0. The summed E-state index contributed by atoms with van der Waals surface area (Å²) in [5.74, 6) is 1.12. The first kappa shape index (κ1) is 14.2. The largest absolute Gasteiger partial charge is 0.508 e. The SMILES string of the molecule is CC1CCC(N(C)C(C)c2cc(O)cc(O)c2)CC1. The minimum absolute atomic E-state index is 0.132. The molecule has 19 heavy (non-hydrogen) atoms. The number of phenols is 2. The first-order valence-corrected chi connectivity index (χ1v) is 7.22. The van der Waals surface area contributed by atoms with Gasteiger partial charge in [-0.25, -0.2) is 0 Å². The Morgan fingerprint density at radius 2 is 1.58 bits per heavy atom. The zero-order chi connectivity index (χ0) is 14.0. The molecule has 1 aromatic rings. The summed E-state index contributed by atoms with van der Waals surface area (Å²) in [4.78, 5) is 2.38. The first-order chi connectivity index (χ1) is 8.97. The van der Waals surface area contributed by atoms with Gasteiger partial charge in [0.2, 0.25) is 0 Å². The van der Waals surface area contributed by atoms with Gasteiger partial charge < -0.3 is 10.2 Å². The van der Waals surface area contributed by atoms with Crippen molar-refractivity contribution in [1.82, 2.24) is 4.90 Å². The summed E-state index contributed by atoms with van der Waals surface area (Å²) in [5, 5.41) is 19.2. The van der Waals surface area contributed by atoms with Gasteiger partial charge in [-0.3, -0.25) is 4.90 Å². The van der Waals surface area contributed by atoms with Crippen molar-refractivity contribution in [2.24, 2.45) is 5.92 Å². The van der Waals surface area contributed by atoms with Crippen molar-refractivity contribution in [2.45, 2.75) is 51.6 Å². The van der Waals surface area contributed by atoms with Gasteiger partial charge in [0.05, 0.1) is 0 Å². The molecule has 106 valence electrons. The highest BCUT2D eigenvalue weighted by atomic mass is 16.3. The summed E-state index contributed by atoms with van der Waals surface area (Å²) in [7, 11) is 2.15. The van der Waals surface area contributed by atoms with E-state index in [0.717, 1.165) is 11.5 Å². The number of rotatable bonds is 3. The fourth-order valence-corrected chi connectivity index (χ4v) is 3.06. The summed E-state index contributed by atoms with van der Waals surface area (Å²) in [6.45, 7) is 4.46. The second-order valence-corrected chi connectivity index (χ2v) is 6.04. The Hall–Kier alpha value is -1.22. The normalized spacial score (nSPS) is 25.5. The van der Waals surface area contributed by atoms with Gasteiger partial charge in [0.25, 0.3) is 0 Å². The lowest BCUT2D eigenvalue weighted by Crippen LogP contribution is -2.36. The fraction of sp³-hybridized carbons (Fsp3) is 0.625. The Morgan fingerprint density at radius 3 is 2.11 bits per heavy atom. The Labute approximate surface area is 115 Å². The highest BCUT2D eigenvalue weighted by molar-refractivity contribution is 5.38. The third-order valence-electron chi connectivity index (χ3n) is 4.58. The molecule has 0 amide bonds. The van der Waals surface area contributed by atoms with Gasteiger partial charge in [0, 0.05) is 18.2 Å². The number of phenolic OH excluding ortho intramolecular Hbond substituents is 2. The molecule has 0 spiro atoms. The van der Waals surface area contributed by atoms with Crippen molar-refractivity contribution in [2.75, 3.05) is 7.05 Å². The molecule has 0 aliphatic heterocycles. The van der Waals surface area contributed by atoms with E-state index in [1.54, 1.807) is 12.1 Å². The molecule has 1 atom stereocenters. The fourth-order valence-electron chi connectivity index (χ4n) is 3.06. The molecule has 0 bridgehead atoms. The molecule has 2 rings (SSSR count). The van der Waals surface area contributed by atoms with Gasteiger partial charge in [-0.1, -0.05) is 6.92 Å². The van der Waals surface area contributed by atoms with Gasteiger partial charge >= 0.3 is 0 Å². The summed E-state index contributed by atoms with van der Waals surface area (Å²) in [6.07, 6.45) is 5.08. The zero-order valence-corrected chi connectivity index (χ0v) is 12.1. The van der Waals surface area contributed by atoms with E-state index in [-0.39, 0.29) is 17.5 Å². The maximum Gasteiger partial charge on any atom is 0.119 e. The number of hydrogen-bond donors (Lipinski definition) is 2. The van der Waals surface area contributed by atoms with Crippen LogP contribution >= 0.6 is 0 Å². The topological polar surface area (TPSA) is 43.7 Å². The second kappa shape index (κ2) is 5.83. The molecule has 1 fully saturated rings. The summed E-state index contributed by atoms with van der Waals surface area (Å²) in [6, 6.07) is 5.67. The van der Waals surface area contributed by atoms with Crippen molar-refractivity contribution in [3.8, 4) is 11.5 Å². The van der Waals surface area contributed by atoms with Gasteiger partial charge in [0.15, 0.2) is 0 Å². The van der Waals surface area contributed by atoms with Crippen molar-refractivity contribution >= 4 is 0 Å². The maximum absolute atomic E-state index is 9.59. The van der Waals surface area contributed by atoms with E-state index >= 15 is 0 Å². The minimum Gasteiger partial charge on any atom is -0.508 e. The highest BCUT2D eigenvalue weighted by Crippen LogP contribution is 2.33. The molecule has 3 nitrogen and oxygen atoms in total. The zero-order valence-electron chi connectivity index (χ0n) is 12.1. The standard InChI is InChI=1S/C16H25NO2/c1-11-4-6-14(7-5-11)17(3)12(2)13-8-15(18)10-16(19)9-13/h8-12,14,18-19H,4-7H2,1-3H3. The molecular weight excluding hydrogens is 238 g/mol.